The third kappa shape index (κ3) is 8.40. The molecule has 11 nitrogen and oxygen atoms in total. The molecule has 1 aromatic heterocycles. The van der Waals surface area contributed by atoms with Crippen molar-refractivity contribution >= 4 is 34.5 Å². The molecule has 2 fully saturated rings. The van der Waals surface area contributed by atoms with E-state index in [-0.39, 0.29) is 5.96 Å². The summed E-state index contributed by atoms with van der Waals surface area (Å²) in [5.41, 5.74) is 1.07. The topological polar surface area (TPSA) is 141 Å². The molecule has 0 spiro atoms. The van der Waals surface area contributed by atoms with Crippen LogP contribution in [0.15, 0.2) is 28.4 Å². The zero-order chi connectivity index (χ0) is 21.8. The van der Waals surface area contributed by atoms with Gasteiger partial charge in [-0.25, -0.2) is 15.1 Å². The molecular weight excluding hydrogens is 432 g/mol. The lowest BCUT2D eigenvalue weighted by Crippen LogP contribution is -2.38. The second-order valence-corrected chi connectivity index (χ2v) is 7.75. The van der Waals surface area contributed by atoms with Crippen LogP contribution in [-0.4, -0.2) is 65.1 Å². The minimum Gasteiger partial charge on any atom is -0.381 e. The molecule has 1 atom stereocenters. The van der Waals surface area contributed by atoms with Gasteiger partial charge in [-0.3, -0.25) is 0 Å². The van der Waals surface area contributed by atoms with Crippen molar-refractivity contribution in [3.05, 3.63) is 39.2 Å². The van der Waals surface area contributed by atoms with Crippen LogP contribution in [0.2, 0.25) is 5.15 Å². The van der Waals surface area contributed by atoms with E-state index >= 15 is 0 Å². The molecule has 2 N–H and O–H groups in total. The summed E-state index contributed by atoms with van der Waals surface area (Å²) in [7, 11) is 1.58. The van der Waals surface area contributed by atoms with E-state index in [1.807, 2.05) is 12.3 Å². The number of guanidine groups is 1. The highest BCUT2D eigenvalue weighted by Gasteiger charge is 2.19. The minimum atomic E-state index is -0.732. The minimum absolute atomic E-state index is 0.182. The number of aromatic nitrogens is 1. The van der Waals surface area contributed by atoms with Crippen molar-refractivity contribution in [1.29, 1.82) is 5.26 Å². The van der Waals surface area contributed by atoms with Crippen molar-refractivity contribution in [3.63, 3.8) is 0 Å². The largest absolute Gasteiger partial charge is 0.381 e. The van der Waals surface area contributed by atoms with E-state index in [2.05, 4.69) is 30.6 Å². The van der Waals surface area contributed by atoms with E-state index in [4.69, 9.17) is 21.6 Å². The number of halogens is 1. The molecule has 1 unspecified atom stereocenters. The van der Waals surface area contributed by atoms with Crippen molar-refractivity contribution in [2.24, 2.45) is 16.0 Å². The van der Waals surface area contributed by atoms with Crippen LogP contribution in [0.3, 0.4) is 0 Å². The summed E-state index contributed by atoms with van der Waals surface area (Å²) in [6.07, 6.45) is 4.56. The Morgan fingerprint density at radius 3 is 3.03 bits per heavy atom. The van der Waals surface area contributed by atoms with Gasteiger partial charge in [0.2, 0.25) is 6.19 Å². The van der Waals surface area contributed by atoms with Crippen LogP contribution in [0.25, 0.3) is 0 Å². The normalized spacial score (nSPS) is 19.8. The molecular formula is C17H23ClN8O3S. The Bertz CT molecular complexity index is 793. The predicted octanol–water partition coefficient (Wildman–Crippen LogP) is 1.50. The molecule has 30 heavy (non-hydrogen) atoms. The van der Waals surface area contributed by atoms with E-state index in [1.165, 1.54) is 0 Å². The van der Waals surface area contributed by atoms with Gasteiger partial charge in [0.1, 0.15) is 10.3 Å². The highest BCUT2D eigenvalue weighted by Crippen LogP contribution is 2.20. The number of ether oxygens (including phenoxy) is 1. The van der Waals surface area contributed by atoms with Crippen LogP contribution in [-0.2, 0) is 11.3 Å². The Morgan fingerprint density at radius 1 is 1.60 bits per heavy atom. The molecule has 3 rings (SSSR count). The Labute approximate surface area is 183 Å². The van der Waals surface area contributed by atoms with Crippen LogP contribution >= 0.6 is 23.4 Å². The summed E-state index contributed by atoms with van der Waals surface area (Å²) in [6.45, 7) is 3.76. The van der Waals surface area contributed by atoms with Gasteiger partial charge >= 0.3 is 0 Å². The Kier molecular flexibility index (Phi) is 10.1. The van der Waals surface area contributed by atoms with E-state index in [1.54, 1.807) is 31.1 Å². The molecule has 13 heteroatoms. The maximum atomic E-state index is 10.1. The van der Waals surface area contributed by atoms with Crippen LogP contribution in [0.4, 0.5) is 0 Å². The molecule has 1 aromatic rings. The second-order valence-electron chi connectivity index (χ2n) is 6.30. The van der Waals surface area contributed by atoms with Gasteiger partial charge in [0, 0.05) is 51.2 Å². The summed E-state index contributed by atoms with van der Waals surface area (Å²) in [4.78, 5) is 19.9. The first-order chi connectivity index (χ1) is 14.5. The van der Waals surface area contributed by atoms with Gasteiger partial charge in [-0.2, -0.15) is 5.26 Å². The number of rotatable bonds is 5. The van der Waals surface area contributed by atoms with Crippen LogP contribution < -0.4 is 10.6 Å². The van der Waals surface area contributed by atoms with E-state index in [0.717, 1.165) is 42.6 Å². The first kappa shape index (κ1) is 23.7. The summed E-state index contributed by atoms with van der Waals surface area (Å²) in [5, 5.41) is 27.8. The number of hydrogen-bond donors (Lipinski definition) is 2. The standard InChI is InChI=1S/C10H9ClN4S.C7H14N4O3/c11-9-2-1-8(5-13-9)6-15-3-4-16-10(15)14-7-12;1-8-7(10-11(12)13)9-4-6-2-3-14-5-6/h1-2,5H,3-4,6H2;6H,2-5H2,1H3,(H2,8,9,10)/b14-10-;. The van der Waals surface area contributed by atoms with Gasteiger partial charge < -0.3 is 20.3 Å². The van der Waals surface area contributed by atoms with Crippen molar-refractivity contribution in [3.8, 4) is 6.19 Å². The first-order valence-corrected chi connectivity index (χ1v) is 10.6. The monoisotopic (exact) mass is 454 g/mol. The second kappa shape index (κ2) is 12.8. The van der Waals surface area contributed by atoms with Gasteiger partial charge in [-0.1, -0.05) is 29.4 Å². The molecule has 2 aliphatic heterocycles. The van der Waals surface area contributed by atoms with Gasteiger partial charge in [0.05, 0.1) is 6.61 Å². The Hall–Kier alpha value is -2.62. The van der Waals surface area contributed by atoms with E-state index in [9.17, 15) is 10.1 Å². The number of aliphatic imine (C=N–C) groups is 1. The van der Waals surface area contributed by atoms with Crippen molar-refractivity contribution < 1.29 is 9.77 Å². The zero-order valence-electron chi connectivity index (χ0n) is 16.5. The number of pyridine rings is 1. The van der Waals surface area contributed by atoms with Gasteiger partial charge in [0.25, 0.3) is 5.96 Å². The molecule has 0 aliphatic carbocycles. The number of nitro groups is 1. The lowest BCUT2D eigenvalue weighted by molar-refractivity contribution is -0.485. The fourth-order valence-electron chi connectivity index (χ4n) is 2.69. The fourth-order valence-corrected chi connectivity index (χ4v) is 3.74. The number of nitriles is 1. The molecule has 0 aromatic carbocycles. The molecule has 162 valence electrons. The molecule has 0 saturated carbocycles. The Balaban J connectivity index is 0.000000216. The van der Waals surface area contributed by atoms with Gasteiger partial charge in [-0.15, -0.1) is 4.99 Å². The lowest BCUT2D eigenvalue weighted by Gasteiger charge is -2.16. The number of nitrogens with zero attached hydrogens (tertiary/aromatic N) is 6. The number of hydrazone groups is 1. The van der Waals surface area contributed by atoms with E-state index < -0.39 is 5.03 Å². The third-order valence-electron chi connectivity index (χ3n) is 4.17. The summed E-state index contributed by atoms with van der Waals surface area (Å²) >= 11 is 7.32. The van der Waals surface area contributed by atoms with Crippen LogP contribution in [0, 0.1) is 27.5 Å². The lowest BCUT2D eigenvalue weighted by atomic mass is 10.1. The maximum Gasteiger partial charge on any atom is 0.268 e. The van der Waals surface area contributed by atoms with Crippen LogP contribution in [0.5, 0.6) is 0 Å². The van der Waals surface area contributed by atoms with Crippen molar-refractivity contribution in [1.82, 2.24) is 20.5 Å². The average molecular weight is 455 g/mol. The van der Waals surface area contributed by atoms with Crippen LogP contribution in [0.1, 0.15) is 12.0 Å². The number of amidine groups is 1. The van der Waals surface area contributed by atoms with Gasteiger partial charge in [0.15, 0.2) is 10.2 Å². The average Bonchev–Trinajstić information content (AvgIpc) is 3.40. The number of hydrogen-bond acceptors (Lipinski definition) is 7. The highest BCUT2D eigenvalue weighted by atomic mass is 35.5. The quantitative estimate of drug-likeness (QED) is 0.169. The maximum absolute atomic E-state index is 10.1. The van der Waals surface area contributed by atoms with E-state index in [0.29, 0.717) is 24.2 Å². The molecule has 0 amide bonds. The molecule has 3 heterocycles. The summed E-state index contributed by atoms with van der Waals surface area (Å²) < 4.78 is 5.17. The SMILES string of the molecule is CN/C(=N/[N+](=O)[O-])NCC1CCOC1.N#C/N=C1\SCCN1Cc1ccc(Cl)nc1. The zero-order valence-corrected chi connectivity index (χ0v) is 18.0. The smallest absolute Gasteiger partial charge is 0.268 e. The number of thioether (sulfide) groups is 1. The van der Waals surface area contributed by atoms with Gasteiger partial charge in [-0.05, 0) is 18.1 Å². The highest BCUT2D eigenvalue weighted by molar-refractivity contribution is 8.14. The number of nitrogens with one attached hydrogen (secondary N) is 2. The molecule has 0 radical (unpaired) electrons. The fraction of sp³-hybridized carbons (Fsp3) is 0.529. The van der Waals surface area contributed by atoms with Crippen molar-refractivity contribution in [2.75, 3.05) is 39.1 Å². The summed E-state index contributed by atoms with van der Waals surface area (Å²) in [6, 6.07) is 3.70. The molecule has 2 aliphatic rings. The molecule has 2 saturated heterocycles. The first-order valence-electron chi connectivity index (χ1n) is 9.19. The third-order valence-corrected chi connectivity index (χ3v) is 5.39. The predicted molar refractivity (Wildman–Crippen MR) is 116 cm³/mol. The molecule has 0 bridgehead atoms. The Morgan fingerprint density at radius 2 is 2.43 bits per heavy atom. The summed E-state index contributed by atoms with van der Waals surface area (Å²) in [5.74, 6) is 1.57. The van der Waals surface area contributed by atoms with Crippen molar-refractivity contribution in [2.45, 2.75) is 13.0 Å².